The van der Waals surface area contributed by atoms with Crippen LogP contribution >= 0.6 is 0 Å². The average Bonchev–Trinajstić information content (AvgIpc) is 1.61. The largest absolute Gasteiger partial charge is 0.309 e. The fraction of sp³-hybridized carbons (Fsp3) is 0. The van der Waals surface area contributed by atoms with Gasteiger partial charge in [0.15, 0.2) is 0 Å². The number of para-hydroxylation sites is 3. The first-order valence-electron chi connectivity index (χ1n) is 36.9. The third kappa shape index (κ3) is 13.2. The minimum absolute atomic E-state index is 0.260. The first-order valence-corrected chi connectivity index (χ1v) is 36.9. The van der Waals surface area contributed by atoms with Crippen molar-refractivity contribution in [2.75, 3.05) is 0 Å². The summed E-state index contributed by atoms with van der Waals surface area (Å²) in [5.74, 6) is -0.260. The quantitative estimate of drug-likeness (QED) is 0.117. The molecule has 0 atom stereocenters. The van der Waals surface area contributed by atoms with Crippen molar-refractivity contribution in [1.82, 2.24) is 58.6 Å². The van der Waals surface area contributed by atoms with Crippen LogP contribution in [0.4, 0.5) is 4.39 Å². The van der Waals surface area contributed by atoms with Crippen LogP contribution in [-0.2, 0) is 0 Å². The maximum atomic E-state index is 13.6. The van der Waals surface area contributed by atoms with Gasteiger partial charge in [0.25, 0.3) is 0 Å². The summed E-state index contributed by atoms with van der Waals surface area (Å²) in [5, 5.41) is 7.08. The number of aromatic nitrogens is 12. The lowest BCUT2D eigenvalue weighted by Crippen LogP contribution is -1.96. The van der Waals surface area contributed by atoms with Gasteiger partial charge < -0.3 is 9.13 Å². The van der Waals surface area contributed by atoms with Gasteiger partial charge in [-0.3, -0.25) is 29.5 Å². The maximum absolute atomic E-state index is 13.6. The lowest BCUT2D eigenvalue weighted by Gasteiger charge is -2.11. The van der Waals surface area contributed by atoms with Gasteiger partial charge in [0.2, 0.25) is 0 Å². The number of rotatable bonds is 12. The van der Waals surface area contributed by atoms with Crippen LogP contribution in [0, 0.1) is 5.82 Å². The van der Waals surface area contributed by atoms with Crippen molar-refractivity contribution in [3.05, 3.63) is 401 Å². The predicted octanol–water partition coefficient (Wildman–Crippen LogP) is 24.0. The molecule has 13 heteroatoms. The van der Waals surface area contributed by atoms with Crippen molar-refractivity contribution in [2.24, 2.45) is 0 Å². The Labute approximate surface area is 644 Å². The van der Waals surface area contributed by atoms with E-state index in [1.165, 1.54) is 39.2 Å². The van der Waals surface area contributed by atoms with E-state index >= 15 is 0 Å². The van der Waals surface area contributed by atoms with Crippen molar-refractivity contribution in [1.29, 1.82) is 0 Å². The molecule has 112 heavy (non-hydrogen) atoms. The average molecular weight is 1440 g/mol. The maximum Gasteiger partial charge on any atom is 0.145 e. The Hall–Kier alpha value is -15.3. The molecule has 21 rings (SSSR count). The van der Waals surface area contributed by atoms with E-state index in [9.17, 15) is 4.39 Å². The Morgan fingerprint density at radius 2 is 0.536 bits per heavy atom. The van der Waals surface area contributed by atoms with Crippen LogP contribution in [0.15, 0.2) is 395 Å². The second-order valence-electron chi connectivity index (χ2n) is 27.1. The van der Waals surface area contributed by atoms with E-state index in [2.05, 4.69) is 275 Å². The summed E-state index contributed by atoms with van der Waals surface area (Å²) >= 11 is 0. The molecule has 0 aliphatic rings. The fourth-order valence-electron chi connectivity index (χ4n) is 15.0. The molecule has 0 saturated heterocycles. The number of halogens is 1. The number of hydrogen-bond acceptors (Lipinski definition) is 9. The van der Waals surface area contributed by atoms with Crippen LogP contribution in [0.5, 0.6) is 0 Å². The van der Waals surface area contributed by atoms with E-state index in [0.717, 1.165) is 157 Å². The molecule has 12 heterocycles. The zero-order valence-electron chi connectivity index (χ0n) is 60.3. The standard InChI is InChI=1S/C33H21FN4.2C33H22N4/c34-25-12-8-22(9-13-25)24-19-30(37-31(20-24)29-6-3-4-17-36-29)23-10-14-26(15-11-23)38-32-7-2-1-5-27(32)28-16-18-35-21-33(28)38;1-2-9-23(10-3-1)25-21-30(36-31(22-25)29-13-6-7-19-34-29)24-15-17-26(18-16-24)37-32-14-5-4-11-27(32)28-12-8-20-35-33(28)37;1-2-8-23(9-3-1)25-20-30(36-31(21-25)29-11-6-7-18-35-29)24-13-15-26(16-14-24)37-32-12-5-4-10-27(32)28-22-34-19-17-33(28)37/h1-21H;2*1-22H. The molecule has 9 aromatic carbocycles. The number of pyridine rings is 9. The lowest BCUT2D eigenvalue weighted by atomic mass is 10.0. The summed E-state index contributed by atoms with van der Waals surface area (Å²) in [6.45, 7) is 0. The minimum Gasteiger partial charge on any atom is -0.309 e. The van der Waals surface area contributed by atoms with Gasteiger partial charge >= 0.3 is 0 Å². The number of hydrogen-bond donors (Lipinski definition) is 0. The molecule has 12 nitrogen and oxygen atoms in total. The first kappa shape index (κ1) is 67.3. The van der Waals surface area contributed by atoms with Crippen LogP contribution < -0.4 is 0 Å². The molecule has 0 bridgehead atoms. The predicted molar refractivity (Wildman–Crippen MR) is 451 cm³/mol. The number of benzene rings is 9. The summed E-state index contributed by atoms with van der Waals surface area (Å²) in [6.07, 6.45) is 14.8. The van der Waals surface area contributed by atoms with Gasteiger partial charge in [-0.05, 0) is 197 Å². The summed E-state index contributed by atoms with van der Waals surface area (Å²) in [6, 6.07) is 117. The van der Waals surface area contributed by atoms with Gasteiger partial charge in [0, 0.05) is 109 Å². The van der Waals surface area contributed by atoms with Gasteiger partial charge in [-0.15, -0.1) is 0 Å². The van der Waals surface area contributed by atoms with E-state index in [4.69, 9.17) is 19.9 Å². The monoisotopic (exact) mass is 1440 g/mol. The van der Waals surface area contributed by atoms with Gasteiger partial charge in [-0.25, -0.2) is 24.3 Å². The van der Waals surface area contributed by atoms with E-state index < -0.39 is 0 Å². The SMILES string of the molecule is Fc1ccc(-c2cc(-c3ccc(-n4c5ccccc5c5ccncc54)cc3)nc(-c3ccccn3)c2)cc1.c1ccc(-c2cc(-c3ccc(-n4c5ccccc5c5cccnc54)cc3)nc(-c3ccccn3)c2)cc1.c1ccc(-c2cc(-c3ccc(-n4c5ccccc5c5cnccc54)cc3)nc(-c3ccccn3)c2)cc1. The van der Waals surface area contributed by atoms with Crippen molar-refractivity contribution in [3.63, 3.8) is 0 Å². The third-order valence-electron chi connectivity index (χ3n) is 20.3. The molecule has 0 unspecified atom stereocenters. The van der Waals surface area contributed by atoms with Crippen molar-refractivity contribution in [3.8, 4) is 118 Å². The molecule has 0 fully saturated rings. The molecule has 0 saturated carbocycles. The number of nitrogens with zero attached hydrogens (tertiary/aromatic N) is 12. The van der Waals surface area contributed by atoms with Crippen molar-refractivity contribution < 1.29 is 4.39 Å². The van der Waals surface area contributed by atoms with Crippen LogP contribution in [0.25, 0.3) is 184 Å². The Bertz CT molecular complexity index is 6400. The molecule has 528 valence electrons. The second-order valence-corrected chi connectivity index (χ2v) is 27.1. The minimum atomic E-state index is -0.260. The first-order chi connectivity index (χ1) is 55.4. The lowest BCUT2D eigenvalue weighted by molar-refractivity contribution is 0.628. The Morgan fingerprint density at radius 3 is 1.01 bits per heavy atom. The van der Waals surface area contributed by atoms with Crippen LogP contribution in [0.2, 0.25) is 0 Å². The fourth-order valence-corrected chi connectivity index (χ4v) is 15.0. The van der Waals surface area contributed by atoms with Gasteiger partial charge in [-0.1, -0.05) is 182 Å². The topological polar surface area (TPSA) is 131 Å². The molecule has 0 aliphatic heterocycles. The van der Waals surface area contributed by atoms with Crippen LogP contribution in [0.3, 0.4) is 0 Å². The Balaban J connectivity index is 0.000000113. The van der Waals surface area contributed by atoms with E-state index in [-0.39, 0.29) is 5.82 Å². The van der Waals surface area contributed by atoms with Crippen molar-refractivity contribution in [2.45, 2.75) is 0 Å². The third-order valence-corrected chi connectivity index (χ3v) is 20.3. The summed E-state index contributed by atoms with van der Waals surface area (Å²) in [5.41, 5.74) is 26.9. The Kier molecular flexibility index (Phi) is 17.9. The molecule has 0 radical (unpaired) electrons. The zero-order valence-corrected chi connectivity index (χ0v) is 60.3. The van der Waals surface area contributed by atoms with E-state index in [1.807, 2.05) is 122 Å². The summed E-state index contributed by atoms with van der Waals surface area (Å²) < 4.78 is 20.4. The molecular formula is C99H65FN12. The van der Waals surface area contributed by atoms with Gasteiger partial charge in [0.05, 0.1) is 85.0 Å². The smallest absolute Gasteiger partial charge is 0.145 e. The number of fused-ring (bicyclic) bond motifs is 9. The zero-order chi connectivity index (χ0) is 74.7. The molecule has 0 aliphatic carbocycles. The van der Waals surface area contributed by atoms with Gasteiger partial charge in [-0.2, -0.15) is 0 Å². The van der Waals surface area contributed by atoms with Crippen LogP contribution in [-0.4, -0.2) is 58.6 Å². The molecular weight excluding hydrogens is 1380 g/mol. The highest BCUT2D eigenvalue weighted by Gasteiger charge is 2.19. The molecule has 0 amide bonds. The normalized spacial score (nSPS) is 11.3. The van der Waals surface area contributed by atoms with Crippen LogP contribution in [0.1, 0.15) is 0 Å². The highest BCUT2D eigenvalue weighted by Crippen LogP contribution is 2.39. The van der Waals surface area contributed by atoms with Crippen molar-refractivity contribution >= 4 is 65.5 Å². The molecule has 0 N–H and O–H groups in total. The molecule has 21 aromatic rings. The Morgan fingerprint density at radius 1 is 0.196 bits per heavy atom. The molecule has 0 spiro atoms. The highest BCUT2D eigenvalue weighted by atomic mass is 19.1. The molecule has 12 aromatic heterocycles. The summed E-state index contributed by atoms with van der Waals surface area (Å²) in [7, 11) is 0. The van der Waals surface area contributed by atoms with E-state index in [1.54, 1.807) is 24.5 Å². The van der Waals surface area contributed by atoms with Gasteiger partial charge in [0.1, 0.15) is 11.5 Å². The van der Waals surface area contributed by atoms with E-state index in [0.29, 0.717) is 0 Å². The second kappa shape index (κ2) is 29.8. The highest BCUT2D eigenvalue weighted by molar-refractivity contribution is 6.11. The summed E-state index contributed by atoms with van der Waals surface area (Å²) in [4.78, 5) is 42.0.